The van der Waals surface area contributed by atoms with Gasteiger partial charge in [0, 0.05) is 17.7 Å². The molecule has 158 valence electrons. The summed E-state index contributed by atoms with van der Waals surface area (Å²) in [6.45, 7) is 1.97. The summed E-state index contributed by atoms with van der Waals surface area (Å²) >= 11 is 0. The Bertz CT molecular complexity index is 1230. The van der Waals surface area contributed by atoms with E-state index in [1.807, 2.05) is 42.1 Å². The predicted octanol–water partition coefficient (Wildman–Crippen LogP) is 3.90. The molecule has 0 fully saturated rings. The molecule has 2 heterocycles. The molecule has 1 aliphatic rings. The third-order valence-electron chi connectivity index (χ3n) is 5.87. The fourth-order valence-electron chi connectivity index (χ4n) is 4.33. The molecular weight excluding hydrogens is 395 g/mol. The third kappa shape index (κ3) is 3.69. The van der Waals surface area contributed by atoms with E-state index in [0.717, 1.165) is 47.2 Å². The molecule has 0 saturated carbocycles. The Kier molecular flexibility index (Phi) is 4.97. The number of hydrogen-bond acceptors (Lipinski definition) is 4. The van der Waals surface area contributed by atoms with Gasteiger partial charge in [0.1, 0.15) is 11.3 Å². The van der Waals surface area contributed by atoms with E-state index < -0.39 is 0 Å². The summed E-state index contributed by atoms with van der Waals surface area (Å²) in [5.41, 5.74) is 4.66. The van der Waals surface area contributed by atoms with Gasteiger partial charge in [0.15, 0.2) is 0 Å². The van der Waals surface area contributed by atoms with Crippen LogP contribution < -0.4 is 5.32 Å². The second-order valence-corrected chi connectivity index (χ2v) is 8.02. The molecule has 2 aromatic carbocycles. The summed E-state index contributed by atoms with van der Waals surface area (Å²) in [6, 6.07) is 13.8. The zero-order chi connectivity index (χ0) is 21.4. The second kappa shape index (κ2) is 7.94. The number of benzene rings is 2. The number of hydrogen-bond donors (Lipinski definition) is 1. The number of halogens is 1. The fraction of sp³-hybridized carbons (Fsp3) is 0.304. The summed E-state index contributed by atoms with van der Waals surface area (Å²) in [7, 11) is 0. The van der Waals surface area contributed by atoms with Gasteiger partial charge in [0.05, 0.1) is 29.5 Å². The summed E-state index contributed by atoms with van der Waals surface area (Å²) in [5.74, 6) is -0.302. The standard InChI is InChI=1S/C23H23FN6O/c1-15(29-22-7-3-2-5-20(22)27-28-29)13-23(31)26-19-6-4-8-21-18(19)14-25-30(21)17-11-9-16(24)10-12-17/h2-3,5,7,9-12,14-15,19H,4,6,8,13H2,1H3,(H,26,31)/t15-,19-/m1/s1. The van der Waals surface area contributed by atoms with Crippen molar-refractivity contribution in [3.05, 3.63) is 71.8 Å². The van der Waals surface area contributed by atoms with Gasteiger partial charge < -0.3 is 5.32 Å². The minimum atomic E-state index is -0.274. The minimum absolute atomic E-state index is 0.0283. The van der Waals surface area contributed by atoms with Crippen molar-refractivity contribution in [3.8, 4) is 5.69 Å². The Morgan fingerprint density at radius 3 is 2.87 bits per heavy atom. The molecule has 5 rings (SSSR count). The maximum atomic E-state index is 13.3. The Hall–Kier alpha value is -3.55. The second-order valence-electron chi connectivity index (χ2n) is 8.02. The van der Waals surface area contributed by atoms with Crippen molar-refractivity contribution in [2.24, 2.45) is 0 Å². The largest absolute Gasteiger partial charge is 0.349 e. The van der Waals surface area contributed by atoms with Gasteiger partial charge in [-0.1, -0.05) is 17.3 Å². The van der Waals surface area contributed by atoms with E-state index in [1.54, 1.807) is 16.8 Å². The van der Waals surface area contributed by atoms with Crippen LogP contribution in [0.4, 0.5) is 4.39 Å². The zero-order valence-corrected chi connectivity index (χ0v) is 17.2. The molecule has 1 N–H and O–H groups in total. The van der Waals surface area contributed by atoms with Crippen molar-refractivity contribution in [2.75, 3.05) is 0 Å². The van der Waals surface area contributed by atoms with E-state index in [2.05, 4.69) is 20.7 Å². The fourth-order valence-corrected chi connectivity index (χ4v) is 4.33. The van der Waals surface area contributed by atoms with Gasteiger partial charge in [-0.05, 0) is 62.6 Å². The van der Waals surface area contributed by atoms with Crippen LogP contribution in [0.15, 0.2) is 54.7 Å². The number of para-hydroxylation sites is 1. The van der Waals surface area contributed by atoms with Crippen molar-refractivity contribution in [3.63, 3.8) is 0 Å². The first-order valence-electron chi connectivity index (χ1n) is 10.5. The van der Waals surface area contributed by atoms with Crippen LogP contribution in [0.5, 0.6) is 0 Å². The molecular formula is C23H23FN6O. The first-order chi connectivity index (χ1) is 15.1. The maximum Gasteiger partial charge on any atom is 0.222 e. The van der Waals surface area contributed by atoms with Gasteiger partial charge >= 0.3 is 0 Å². The molecule has 0 saturated heterocycles. The Morgan fingerprint density at radius 2 is 2.03 bits per heavy atom. The first kappa shape index (κ1) is 19.4. The van der Waals surface area contributed by atoms with Gasteiger partial charge in [-0.15, -0.1) is 5.10 Å². The van der Waals surface area contributed by atoms with Crippen molar-refractivity contribution in [1.82, 2.24) is 30.1 Å². The number of carbonyl (C=O) groups excluding carboxylic acids is 1. The van der Waals surface area contributed by atoms with E-state index in [0.29, 0.717) is 6.42 Å². The average molecular weight is 418 g/mol. The lowest BCUT2D eigenvalue weighted by Crippen LogP contribution is -2.32. The molecule has 0 bridgehead atoms. The third-order valence-corrected chi connectivity index (χ3v) is 5.87. The topological polar surface area (TPSA) is 77.6 Å². The van der Waals surface area contributed by atoms with Crippen LogP contribution >= 0.6 is 0 Å². The normalized spacial score (nSPS) is 16.8. The van der Waals surface area contributed by atoms with E-state index in [1.165, 1.54) is 12.1 Å². The summed E-state index contributed by atoms with van der Waals surface area (Å²) < 4.78 is 16.9. The lowest BCUT2D eigenvalue weighted by Gasteiger charge is -2.25. The molecule has 2 aromatic heterocycles. The monoisotopic (exact) mass is 418 g/mol. The smallest absolute Gasteiger partial charge is 0.222 e. The van der Waals surface area contributed by atoms with Gasteiger partial charge in [-0.3, -0.25) is 4.79 Å². The number of nitrogens with one attached hydrogen (secondary N) is 1. The van der Waals surface area contributed by atoms with Crippen LogP contribution in [0.25, 0.3) is 16.7 Å². The average Bonchev–Trinajstić information content (AvgIpc) is 3.39. The van der Waals surface area contributed by atoms with Crippen LogP contribution in [0.2, 0.25) is 0 Å². The molecule has 0 radical (unpaired) electrons. The molecule has 0 aliphatic heterocycles. The number of carbonyl (C=O) groups is 1. The molecule has 0 unspecified atom stereocenters. The highest BCUT2D eigenvalue weighted by molar-refractivity contribution is 5.78. The van der Waals surface area contributed by atoms with E-state index >= 15 is 0 Å². The highest BCUT2D eigenvalue weighted by Gasteiger charge is 2.27. The highest BCUT2D eigenvalue weighted by Crippen LogP contribution is 2.31. The van der Waals surface area contributed by atoms with Crippen molar-refractivity contribution in [1.29, 1.82) is 0 Å². The lowest BCUT2D eigenvalue weighted by atomic mass is 9.92. The SMILES string of the molecule is C[C@H](CC(=O)N[C@@H]1CCCc2c1cnn2-c1ccc(F)cc1)n1nnc2ccccc21. The van der Waals surface area contributed by atoms with Gasteiger partial charge in [0.2, 0.25) is 5.91 Å². The quantitative estimate of drug-likeness (QED) is 0.533. The summed E-state index contributed by atoms with van der Waals surface area (Å²) in [6.07, 6.45) is 4.82. The van der Waals surface area contributed by atoms with Crippen molar-refractivity contribution < 1.29 is 9.18 Å². The van der Waals surface area contributed by atoms with Gasteiger partial charge in [0.25, 0.3) is 0 Å². The number of rotatable bonds is 5. The molecule has 7 nitrogen and oxygen atoms in total. The minimum Gasteiger partial charge on any atom is -0.349 e. The van der Waals surface area contributed by atoms with Gasteiger partial charge in [-0.2, -0.15) is 5.10 Å². The maximum absolute atomic E-state index is 13.3. The van der Waals surface area contributed by atoms with Crippen LogP contribution in [-0.4, -0.2) is 30.7 Å². The lowest BCUT2D eigenvalue weighted by molar-refractivity contribution is -0.122. The Balaban J connectivity index is 1.31. The van der Waals surface area contributed by atoms with E-state index in [-0.39, 0.29) is 23.8 Å². The van der Waals surface area contributed by atoms with Crippen molar-refractivity contribution in [2.45, 2.75) is 44.7 Å². The Labute approximate surface area is 178 Å². The zero-order valence-electron chi connectivity index (χ0n) is 17.2. The number of amides is 1. The molecule has 1 amide bonds. The predicted molar refractivity (Wildman–Crippen MR) is 114 cm³/mol. The highest BCUT2D eigenvalue weighted by atomic mass is 19.1. The molecule has 8 heteroatoms. The number of fused-ring (bicyclic) bond motifs is 2. The Morgan fingerprint density at radius 1 is 1.23 bits per heavy atom. The molecule has 0 spiro atoms. The van der Waals surface area contributed by atoms with E-state index in [4.69, 9.17) is 0 Å². The molecule has 1 aliphatic carbocycles. The van der Waals surface area contributed by atoms with Crippen LogP contribution in [0, 0.1) is 5.82 Å². The van der Waals surface area contributed by atoms with E-state index in [9.17, 15) is 9.18 Å². The summed E-state index contributed by atoms with van der Waals surface area (Å²) in [4.78, 5) is 12.8. The summed E-state index contributed by atoms with van der Waals surface area (Å²) in [5, 5.41) is 16.1. The molecule has 31 heavy (non-hydrogen) atoms. The molecule has 2 atom stereocenters. The first-order valence-corrected chi connectivity index (χ1v) is 10.5. The van der Waals surface area contributed by atoms with Crippen LogP contribution in [0.3, 0.4) is 0 Å². The van der Waals surface area contributed by atoms with Crippen LogP contribution in [0.1, 0.15) is 49.5 Å². The van der Waals surface area contributed by atoms with Gasteiger partial charge in [-0.25, -0.2) is 13.8 Å². The molecule has 4 aromatic rings. The number of nitrogens with zero attached hydrogens (tertiary/aromatic N) is 5. The van der Waals surface area contributed by atoms with Crippen molar-refractivity contribution >= 4 is 16.9 Å². The number of aromatic nitrogens is 5. The van der Waals surface area contributed by atoms with Crippen LogP contribution in [-0.2, 0) is 11.2 Å².